The lowest BCUT2D eigenvalue weighted by molar-refractivity contribution is 0.731. The highest BCUT2D eigenvalue weighted by molar-refractivity contribution is 6.57. The molecule has 0 aliphatic rings. The molecule has 0 aliphatic heterocycles. The third-order valence-electron chi connectivity index (χ3n) is 1.85. The fourth-order valence-electron chi connectivity index (χ4n) is 1.36. The van der Waals surface area contributed by atoms with E-state index < -0.39 is 0 Å². The summed E-state index contributed by atoms with van der Waals surface area (Å²) in [5.74, 6) is 1.51. The third kappa shape index (κ3) is 5.16. The van der Waals surface area contributed by atoms with Crippen molar-refractivity contribution in [3.8, 4) is 0 Å². The van der Waals surface area contributed by atoms with Gasteiger partial charge < -0.3 is 0 Å². The Morgan fingerprint density at radius 1 is 1.50 bits per heavy atom. The number of alkyl halides is 1. The Hall–Kier alpha value is 0.355. The molecule has 1 unspecified atom stereocenters. The highest BCUT2D eigenvalue weighted by Crippen LogP contribution is 2.12. The van der Waals surface area contributed by atoms with Crippen LogP contribution >= 0.6 is 11.6 Å². The largest absolute Gasteiger partial charge is 0.136 e. The SMILES string of the molecule is CCCB(C)CC(C)CCl. The number of hydrogen-bond acceptors (Lipinski definition) is 0. The lowest BCUT2D eigenvalue weighted by Crippen LogP contribution is -2.11. The van der Waals surface area contributed by atoms with Gasteiger partial charge in [0.05, 0.1) is 0 Å². The van der Waals surface area contributed by atoms with Gasteiger partial charge >= 0.3 is 0 Å². The monoisotopic (exact) mass is 160 g/mol. The maximum absolute atomic E-state index is 5.70. The van der Waals surface area contributed by atoms with Crippen molar-refractivity contribution in [2.45, 2.75) is 39.7 Å². The highest BCUT2D eigenvalue weighted by atomic mass is 35.5. The average molecular weight is 160 g/mol. The van der Waals surface area contributed by atoms with Gasteiger partial charge in [-0.25, -0.2) is 0 Å². The molecule has 2 heteroatoms. The van der Waals surface area contributed by atoms with E-state index in [9.17, 15) is 0 Å². The third-order valence-corrected chi connectivity index (χ3v) is 2.38. The molecular weight excluding hydrogens is 142 g/mol. The normalized spacial score (nSPS) is 13.2. The van der Waals surface area contributed by atoms with Crippen molar-refractivity contribution in [2.24, 2.45) is 5.92 Å². The van der Waals surface area contributed by atoms with Crippen molar-refractivity contribution in [1.82, 2.24) is 0 Å². The van der Waals surface area contributed by atoms with Gasteiger partial charge in [-0.05, 0) is 5.92 Å². The fraction of sp³-hybridized carbons (Fsp3) is 1.00. The molecule has 0 radical (unpaired) electrons. The molecule has 0 fully saturated rings. The molecule has 0 aromatic heterocycles. The smallest absolute Gasteiger partial charge is 0.126 e. The zero-order valence-electron chi connectivity index (χ0n) is 7.36. The Morgan fingerprint density at radius 2 is 2.10 bits per heavy atom. The second-order valence-corrected chi connectivity index (χ2v) is 3.70. The van der Waals surface area contributed by atoms with Crippen molar-refractivity contribution in [1.29, 1.82) is 0 Å². The van der Waals surface area contributed by atoms with E-state index in [0.29, 0.717) is 5.92 Å². The molecule has 0 saturated carbocycles. The maximum Gasteiger partial charge on any atom is 0.136 e. The molecule has 0 spiro atoms. The van der Waals surface area contributed by atoms with Crippen LogP contribution in [0, 0.1) is 5.92 Å². The first-order chi connectivity index (χ1) is 4.70. The Morgan fingerprint density at radius 3 is 2.50 bits per heavy atom. The summed E-state index contributed by atoms with van der Waals surface area (Å²) in [5.41, 5.74) is 0. The quantitative estimate of drug-likeness (QED) is 0.427. The first-order valence-electron chi connectivity index (χ1n) is 4.26. The van der Waals surface area contributed by atoms with E-state index in [1.807, 2.05) is 0 Å². The Labute approximate surface area is 70.4 Å². The summed E-state index contributed by atoms with van der Waals surface area (Å²) < 4.78 is 0. The average Bonchev–Trinajstić information content (AvgIpc) is 1.88. The molecule has 10 heavy (non-hydrogen) atoms. The maximum atomic E-state index is 5.70. The zero-order valence-corrected chi connectivity index (χ0v) is 8.12. The standard InChI is InChI=1S/C8H18BCl/c1-4-5-9(3)6-8(2)7-10/h8H,4-7H2,1-3H3. The predicted octanol–water partition coefficient (Wildman–Crippen LogP) is 3.40. The van der Waals surface area contributed by atoms with Crippen LogP contribution in [-0.4, -0.2) is 12.6 Å². The second-order valence-electron chi connectivity index (χ2n) is 3.39. The molecule has 60 valence electrons. The Balaban J connectivity index is 3.27. The molecule has 0 aromatic rings. The summed E-state index contributed by atoms with van der Waals surface area (Å²) in [5, 5.41) is 0. The minimum atomic E-state index is 0.697. The summed E-state index contributed by atoms with van der Waals surface area (Å²) >= 11 is 5.70. The Bertz CT molecular complexity index is 75.7. The van der Waals surface area contributed by atoms with Crippen LogP contribution in [0.2, 0.25) is 19.5 Å². The molecule has 0 aromatic carbocycles. The van der Waals surface area contributed by atoms with Crippen LogP contribution in [0.15, 0.2) is 0 Å². The van der Waals surface area contributed by atoms with Gasteiger partial charge in [0.15, 0.2) is 0 Å². The first kappa shape index (κ1) is 10.4. The highest BCUT2D eigenvalue weighted by Gasteiger charge is 2.09. The van der Waals surface area contributed by atoms with Crippen LogP contribution in [-0.2, 0) is 0 Å². The van der Waals surface area contributed by atoms with E-state index in [1.165, 1.54) is 19.1 Å². The van der Waals surface area contributed by atoms with Gasteiger partial charge in [-0.3, -0.25) is 0 Å². The molecule has 0 nitrogen and oxygen atoms in total. The molecule has 0 rings (SSSR count). The van der Waals surface area contributed by atoms with E-state index >= 15 is 0 Å². The minimum absolute atomic E-state index is 0.697. The summed E-state index contributed by atoms with van der Waals surface area (Å²) in [7, 11) is 0. The van der Waals surface area contributed by atoms with E-state index in [1.54, 1.807) is 0 Å². The van der Waals surface area contributed by atoms with Crippen molar-refractivity contribution in [3.05, 3.63) is 0 Å². The predicted molar refractivity (Wildman–Crippen MR) is 51.4 cm³/mol. The molecule has 1 atom stereocenters. The topological polar surface area (TPSA) is 0 Å². The summed E-state index contributed by atoms with van der Waals surface area (Å²) in [6.45, 7) is 7.63. The fourth-order valence-corrected chi connectivity index (χ4v) is 1.49. The van der Waals surface area contributed by atoms with Gasteiger partial charge in [0.1, 0.15) is 6.71 Å². The van der Waals surface area contributed by atoms with Crippen LogP contribution in [0.25, 0.3) is 0 Å². The van der Waals surface area contributed by atoms with Gasteiger partial charge in [0.2, 0.25) is 0 Å². The number of halogens is 1. The summed E-state index contributed by atoms with van der Waals surface area (Å²) in [4.78, 5) is 0. The van der Waals surface area contributed by atoms with E-state index in [4.69, 9.17) is 11.6 Å². The van der Waals surface area contributed by atoms with Gasteiger partial charge in [-0.15, -0.1) is 11.6 Å². The Kier molecular flexibility index (Phi) is 6.31. The van der Waals surface area contributed by atoms with Crippen LogP contribution in [0.4, 0.5) is 0 Å². The molecule has 0 heterocycles. The zero-order chi connectivity index (χ0) is 7.98. The van der Waals surface area contributed by atoms with Crippen molar-refractivity contribution < 1.29 is 0 Å². The summed E-state index contributed by atoms with van der Waals surface area (Å²) in [6, 6.07) is 0. The number of rotatable bonds is 5. The first-order valence-corrected chi connectivity index (χ1v) is 4.80. The van der Waals surface area contributed by atoms with Gasteiger partial charge in [0.25, 0.3) is 0 Å². The lowest BCUT2D eigenvalue weighted by atomic mass is 9.45. The minimum Gasteiger partial charge on any atom is -0.126 e. The molecular formula is C8H18BCl. The van der Waals surface area contributed by atoms with Crippen molar-refractivity contribution >= 4 is 18.3 Å². The molecule has 0 N–H and O–H groups in total. The molecule has 0 aliphatic carbocycles. The van der Waals surface area contributed by atoms with Gasteiger partial charge in [0, 0.05) is 5.88 Å². The van der Waals surface area contributed by atoms with Gasteiger partial charge in [-0.1, -0.05) is 39.7 Å². The molecule has 0 amide bonds. The van der Waals surface area contributed by atoms with E-state index in [-0.39, 0.29) is 0 Å². The summed E-state index contributed by atoms with van der Waals surface area (Å²) in [6.07, 6.45) is 3.94. The van der Waals surface area contributed by atoms with Crippen molar-refractivity contribution in [3.63, 3.8) is 0 Å². The second kappa shape index (κ2) is 6.09. The molecule has 0 bridgehead atoms. The lowest BCUT2D eigenvalue weighted by Gasteiger charge is -2.10. The van der Waals surface area contributed by atoms with Crippen LogP contribution in [0.5, 0.6) is 0 Å². The van der Waals surface area contributed by atoms with Crippen LogP contribution in [0.1, 0.15) is 20.3 Å². The van der Waals surface area contributed by atoms with Gasteiger partial charge in [-0.2, -0.15) is 0 Å². The number of hydrogen-bond donors (Lipinski definition) is 0. The van der Waals surface area contributed by atoms with E-state index in [0.717, 1.165) is 12.6 Å². The van der Waals surface area contributed by atoms with Crippen LogP contribution in [0.3, 0.4) is 0 Å². The van der Waals surface area contributed by atoms with Crippen molar-refractivity contribution in [2.75, 3.05) is 5.88 Å². The van der Waals surface area contributed by atoms with E-state index in [2.05, 4.69) is 20.7 Å². The molecule has 0 saturated heterocycles. The van der Waals surface area contributed by atoms with Crippen LogP contribution < -0.4 is 0 Å².